The van der Waals surface area contributed by atoms with Gasteiger partial charge >= 0.3 is 0 Å². The first-order valence-electron chi connectivity index (χ1n) is 17.3. The Kier molecular flexibility index (Phi) is 7.85. The van der Waals surface area contributed by atoms with E-state index >= 15 is 0 Å². The molecule has 3 heterocycles. The van der Waals surface area contributed by atoms with Gasteiger partial charge in [0, 0.05) is 52.9 Å². The molecular weight excluding hydrogens is 601 g/mol. The summed E-state index contributed by atoms with van der Waals surface area (Å²) >= 11 is 0. The molecule has 0 spiro atoms. The van der Waals surface area contributed by atoms with Gasteiger partial charge in [-0.25, -0.2) is 4.98 Å². The highest BCUT2D eigenvalue weighted by Crippen LogP contribution is 2.38. The molecule has 0 fully saturated rings. The third-order valence-corrected chi connectivity index (χ3v) is 9.58. The maximum Gasteiger partial charge on any atom is 0.137 e. The molecule has 250 valence electrons. The largest absolute Gasteiger partial charge is 0.457 e. The molecule has 5 nitrogen and oxygen atoms in total. The summed E-state index contributed by atoms with van der Waals surface area (Å²) in [5, 5.41) is 2.37. The molecule has 0 saturated carbocycles. The van der Waals surface area contributed by atoms with Gasteiger partial charge in [0.2, 0.25) is 0 Å². The van der Waals surface area contributed by atoms with Crippen molar-refractivity contribution >= 4 is 33.2 Å². The second-order valence-electron chi connectivity index (χ2n) is 16.4. The first-order valence-corrected chi connectivity index (χ1v) is 17.3. The second kappa shape index (κ2) is 11.8. The molecule has 4 aromatic carbocycles. The fourth-order valence-corrected chi connectivity index (χ4v) is 6.53. The molecule has 2 aromatic heterocycles. The predicted octanol–water partition coefficient (Wildman–Crippen LogP) is 11.6. The predicted molar refractivity (Wildman–Crippen MR) is 207 cm³/mol. The van der Waals surface area contributed by atoms with Crippen LogP contribution in [0.2, 0.25) is 0 Å². The van der Waals surface area contributed by atoms with E-state index < -0.39 is 0 Å². The van der Waals surface area contributed by atoms with E-state index in [2.05, 4.69) is 180 Å². The minimum Gasteiger partial charge on any atom is -0.457 e. The van der Waals surface area contributed by atoms with Gasteiger partial charge in [-0.3, -0.25) is 4.57 Å². The average Bonchev–Trinajstić information content (AvgIpc) is 3.67. The van der Waals surface area contributed by atoms with Crippen molar-refractivity contribution in [1.82, 2.24) is 9.55 Å². The molecule has 0 radical (unpaired) electrons. The zero-order valence-corrected chi connectivity index (χ0v) is 30.4. The molecule has 0 N–H and O–H groups in total. The molecule has 5 heteroatoms. The van der Waals surface area contributed by atoms with Gasteiger partial charge in [-0.05, 0) is 87.5 Å². The maximum atomic E-state index is 6.57. The average molecular weight is 649 g/mol. The fourth-order valence-electron chi connectivity index (χ4n) is 6.53. The molecule has 1 aliphatic rings. The SMILES string of the molecule is CC(C)(C)c1cc(N2C=CN(c3cccc(Oc4ccc5c6ccccc6n(-c6cc(C(C)(C)C)ccn6)c5c4)c3)C2)cc(C(C)(C)C)c1. The van der Waals surface area contributed by atoms with Gasteiger partial charge in [0.1, 0.15) is 17.3 Å². The van der Waals surface area contributed by atoms with Gasteiger partial charge in [0.15, 0.2) is 0 Å². The maximum absolute atomic E-state index is 6.57. The lowest BCUT2D eigenvalue weighted by Gasteiger charge is -2.29. The van der Waals surface area contributed by atoms with Crippen LogP contribution in [0.25, 0.3) is 27.6 Å². The highest BCUT2D eigenvalue weighted by molar-refractivity contribution is 6.09. The smallest absolute Gasteiger partial charge is 0.137 e. The van der Waals surface area contributed by atoms with E-state index in [1.165, 1.54) is 33.2 Å². The fraction of sp³-hybridized carbons (Fsp3) is 0.295. The molecule has 7 rings (SSSR count). The Labute approximate surface area is 291 Å². The molecule has 0 unspecified atom stereocenters. The number of pyridine rings is 1. The Morgan fingerprint density at radius 2 is 1.16 bits per heavy atom. The van der Waals surface area contributed by atoms with Crippen molar-refractivity contribution in [1.29, 1.82) is 0 Å². The Hall–Kier alpha value is -5.03. The van der Waals surface area contributed by atoms with E-state index in [-0.39, 0.29) is 16.2 Å². The first kappa shape index (κ1) is 32.5. The van der Waals surface area contributed by atoms with E-state index in [1.807, 2.05) is 12.3 Å². The molecule has 0 amide bonds. The number of anilines is 2. The van der Waals surface area contributed by atoms with Crippen molar-refractivity contribution in [3.8, 4) is 17.3 Å². The highest BCUT2D eigenvalue weighted by atomic mass is 16.5. The van der Waals surface area contributed by atoms with E-state index in [0.717, 1.165) is 40.7 Å². The van der Waals surface area contributed by atoms with Crippen LogP contribution in [0.5, 0.6) is 11.5 Å². The van der Waals surface area contributed by atoms with Crippen LogP contribution in [0.4, 0.5) is 11.4 Å². The van der Waals surface area contributed by atoms with Gasteiger partial charge in [0.05, 0.1) is 17.7 Å². The molecule has 1 aliphatic heterocycles. The molecule has 0 saturated heterocycles. The Morgan fingerprint density at radius 1 is 0.531 bits per heavy atom. The summed E-state index contributed by atoms with van der Waals surface area (Å²) in [4.78, 5) is 9.43. The van der Waals surface area contributed by atoms with Crippen molar-refractivity contribution in [3.05, 3.63) is 132 Å². The standard InChI is InChI=1S/C44H48N4O/c1-42(2,3)30-19-20-45-41(26-30)48-39-16-11-10-15-37(39)38-18-17-36(28-40(38)48)49-35-14-12-13-33(27-35)46-21-22-47(29-46)34-24-31(43(4,5)6)23-32(25-34)44(7,8)9/h10-28H,29H2,1-9H3. The number of fused-ring (bicyclic) bond motifs is 3. The summed E-state index contributed by atoms with van der Waals surface area (Å²) < 4.78 is 8.83. The third kappa shape index (κ3) is 6.42. The summed E-state index contributed by atoms with van der Waals surface area (Å²) in [5.74, 6) is 2.49. The van der Waals surface area contributed by atoms with E-state index in [9.17, 15) is 0 Å². The van der Waals surface area contributed by atoms with E-state index in [4.69, 9.17) is 9.72 Å². The quantitative estimate of drug-likeness (QED) is 0.186. The Morgan fingerprint density at radius 3 is 1.86 bits per heavy atom. The zero-order chi connectivity index (χ0) is 34.7. The third-order valence-electron chi connectivity index (χ3n) is 9.58. The van der Waals surface area contributed by atoms with Crippen LogP contribution < -0.4 is 14.5 Å². The monoisotopic (exact) mass is 648 g/mol. The van der Waals surface area contributed by atoms with E-state index in [0.29, 0.717) is 0 Å². The normalized spacial score (nSPS) is 14.0. The van der Waals surface area contributed by atoms with Gasteiger partial charge < -0.3 is 14.5 Å². The summed E-state index contributed by atoms with van der Waals surface area (Å²) in [7, 11) is 0. The number of nitrogens with zero attached hydrogens (tertiary/aromatic N) is 4. The zero-order valence-electron chi connectivity index (χ0n) is 30.4. The van der Waals surface area contributed by atoms with Crippen LogP contribution in [-0.4, -0.2) is 16.2 Å². The van der Waals surface area contributed by atoms with Crippen LogP contribution in [0.1, 0.15) is 79.0 Å². The van der Waals surface area contributed by atoms with Crippen LogP contribution >= 0.6 is 0 Å². The number of rotatable bonds is 5. The lowest BCUT2D eigenvalue weighted by Crippen LogP contribution is -2.26. The Bertz CT molecular complexity index is 2170. The topological polar surface area (TPSA) is 33.5 Å². The number of para-hydroxylation sites is 1. The highest BCUT2D eigenvalue weighted by Gasteiger charge is 2.24. The minimum absolute atomic E-state index is 0.0170. The summed E-state index contributed by atoms with van der Waals surface area (Å²) in [6.07, 6.45) is 6.25. The molecular formula is C44H48N4O. The van der Waals surface area contributed by atoms with Gasteiger partial charge in [0.25, 0.3) is 0 Å². The molecule has 0 bridgehead atoms. The van der Waals surface area contributed by atoms with Crippen LogP contribution in [0, 0.1) is 0 Å². The Balaban J connectivity index is 1.18. The number of hydrogen-bond acceptors (Lipinski definition) is 4. The summed E-state index contributed by atoms with van der Waals surface area (Å²) in [6, 6.07) is 34.6. The van der Waals surface area contributed by atoms with Gasteiger partial charge in [-0.1, -0.05) is 92.6 Å². The molecule has 49 heavy (non-hydrogen) atoms. The van der Waals surface area contributed by atoms with Gasteiger partial charge in [-0.15, -0.1) is 0 Å². The number of benzene rings is 4. The first-order chi connectivity index (χ1) is 23.1. The molecule has 0 atom stereocenters. The number of aromatic nitrogens is 2. The van der Waals surface area contributed by atoms with E-state index in [1.54, 1.807) is 0 Å². The lowest BCUT2D eigenvalue weighted by molar-refractivity contribution is 0.483. The van der Waals surface area contributed by atoms with Crippen LogP contribution in [0.15, 0.2) is 116 Å². The van der Waals surface area contributed by atoms with Gasteiger partial charge in [-0.2, -0.15) is 0 Å². The second-order valence-corrected chi connectivity index (χ2v) is 16.4. The van der Waals surface area contributed by atoms with Crippen molar-refractivity contribution < 1.29 is 4.74 Å². The van der Waals surface area contributed by atoms with Crippen molar-refractivity contribution in [3.63, 3.8) is 0 Å². The van der Waals surface area contributed by atoms with Crippen LogP contribution in [0.3, 0.4) is 0 Å². The number of ether oxygens (including phenoxy) is 1. The van der Waals surface area contributed by atoms with Crippen LogP contribution in [-0.2, 0) is 16.2 Å². The van der Waals surface area contributed by atoms with Crippen molar-refractivity contribution in [2.75, 3.05) is 16.5 Å². The molecule has 6 aromatic rings. The molecule has 0 aliphatic carbocycles. The number of hydrogen-bond donors (Lipinski definition) is 0. The lowest BCUT2D eigenvalue weighted by atomic mass is 9.80. The summed E-state index contributed by atoms with van der Waals surface area (Å²) in [6.45, 7) is 21.2. The minimum atomic E-state index is 0.0170. The van der Waals surface area contributed by atoms with Crippen molar-refractivity contribution in [2.45, 2.75) is 78.6 Å². The van der Waals surface area contributed by atoms with Crippen molar-refractivity contribution in [2.24, 2.45) is 0 Å². The summed E-state index contributed by atoms with van der Waals surface area (Å²) in [5.41, 5.74) is 8.60.